The summed E-state index contributed by atoms with van der Waals surface area (Å²) < 4.78 is 11.8. The Labute approximate surface area is 215 Å². The second kappa shape index (κ2) is 18.2. The monoisotopic (exact) mass is 572 g/mol. The molecule has 0 amide bonds. The molecule has 0 N–H and O–H groups in total. The first-order valence-corrected chi connectivity index (χ1v) is 14.0. The van der Waals surface area contributed by atoms with Crippen molar-refractivity contribution in [3.05, 3.63) is 32.9 Å². The zero-order valence-electron chi connectivity index (χ0n) is 21.3. The van der Waals surface area contributed by atoms with Gasteiger partial charge in [-0.25, -0.2) is 9.59 Å². The minimum Gasteiger partial charge on any atom is -0.462 e. The van der Waals surface area contributed by atoms with E-state index in [0.717, 1.165) is 41.1 Å². The van der Waals surface area contributed by atoms with Crippen molar-refractivity contribution in [3.63, 3.8) is 0 Å². The summed E-state index contributed by atoms with van der Waals surface area (Å²) in [5.74, 6) is 0.647. The molecule has 0 saturated heterocycles. The molecule has 0 spiro atoms. The summed E-state index contributed by atoms with van der Waals surface area (Å²) in [5, 5.41) is 0. The van der Waals surface area contributed by atoms with Gasteiger partial charge in [0.25, 0.3) is 0 Å². The Bertz CT molecular complexity index is 684. The van der Waals surface area contributed by atoms with Crippen LogP contribution in [0.3, 0.4) is 0 Å². The Morgan fingerprint density at radius 3 is 1.58 bits per heavy atom. The number of halogens is 1. The SMILES string of the molecule is CC(C)CCCCCCCOC(=O)c1ccc(I)cc1C(=O)OCCCCCCCC(C)C. The predicted octanol–water partition coefficient (Wildman–Crippen LogP) is 8.60. The van der Waals surface area contributed by atoms with E-state index >= 15 is 0 Å². The first-order chi connectivity index (χ1) is 15.8. The summed E-state index contributed by atoms with van der Waals surface area (Å²) >= 11 is 2.14. The zero-order valence-corrected chi connectivity index (χ0v) is 23.5. The van der Waals surface area contributed by atoms with E-state index in [1.807, 2.05) is 6.07 Å². The van der Waals surface area contributed by atoms with Crippen molar-refractivity contribution in [2.45, 2.75) is 105 Å². The van der Waals surface area contributed by atoms with Crippen LogP contribution in [0.25, 0.3) is 0 Å². The molecule has 0 fully saturated rings. The lowest BCUT2D eigenvalue weighted by molar-refractivity contribution is 0.0450. The number of carbonyl (C=O) groups is 2. The van der Waals surface area contributed by atoms with Crippen LogP contribution < -0.4 is 0 Å². The van der Waals surface area contributed by atoms with Gasteiger partial charge in [-0.2, -0.15) is 0 Å². The van der Waals surface area contributed by atoms with Crippen LogP contribution in [-0.2, 0) is 9.47 Å². The van der Waals surface area contributed by atoms with Crippen molar-refractivity contribution < 1.29 is 19.1 Å². The number of rotatable bonds is 18. The van der Waals surface area contributed by atoms with E-state index in [4.69, 9.17) is 9.47 Å². The lowest BCUT2D eigenvalue weighted by Gasteiger charge is -2.11. The average molecular weight is 573 g/mol. The van der Waals surface area contributed by atoms with Gasteiger partial charge in [-0.15, -0.1) is 0 Å². The normalized spacial score (nSPS) is 11.2. The van der Waals surface area contributed by atoms with Gasteiger partial charge in [0.05, 0.1) is 24.3 Å². The Balaban J connectivity index is 2.35. The van der Waals surface area contributed by atoms with Crippen molar-refractivity contribution in [1.82, 2.24) is 0 Å². The Hall–Kier alpha value is -1.11. The van der Waals surface area contributed by atoms with Crippen molar-refractivity contribution in [2.24, 2.45) is 11.8 Å². The molecule has 0 saturated carbocycles. The third-order valence-electron chi connectivity index (χ3n) is 5.74. The van der Waals surface area contributed by atoms with E-state index in [2.05, 4.69) is 50.3 Å². The quantitative estimate of drug-likeness (QED) is 0.100. The molecule has 0 aromatic heterocycles. The van der Waals surface area contributed by atoms with Crippen LogP contribution in [0.15, 0.2) is 18.2 Å². The lowest BCUT2D eigenvalue weighted by Crippen LogP contribution is -2.15. The van der Waals surface area contributed by atoms with Crippen molar-refractivity contribution in [1.29, 1.82) is 0 Å². The van der Waals surface area contributed by atoms with Crippen LogP contribution in [0.4, 0.5) is 0 Å². The maximum atomic E-state index is 12.6. The number of benzene rings is 1. The number of esters is 2. The Kier molecular flexibility index (Phi) is 16.5. The minimum atomic E-state index is -0.441. The fourth-order valence-corrected chi connectivity index (χ4v) is 4.21. The molecule has 0 atom stereocenters. The third kappa shape index (κ3) is 14.7. The van der Waals surface area contributed by atoms with Gasteiger partial charge in [0.2, 0.25) is 0 Å². The molecule has 4 nitrogen and oxygen atoms in total. The average Bonchev–Trinajstić information content (AvgIpc) is 2.76. The van der Waals surface area contributed by atoms with Gasteiger partial charge in [0.1, 0.15) is 0 Å². The second-order valence-electron chi connectivity index (χ2n) is 9.86. The van der Waals surface area contributed by atoms with Crippen LogP contribution in [0.2, 0.25) is 0 Å². The largest absolute Gasteiger partial charge is 0.462 e. The molecule has 0 aliphatic rings. The zero-order chi connectivity index (χ0) is 24.5. The lowest BCUT2D eigenvalue weighted by atomic mass is 10.0. The van der Waals surface area contributed by atoms with Crippen LogP contribution in [0.5, 0.6) is 0 Å². The Morgan fingerprint density at radius 1 is 0.667 bits per heavy atom. The molecule has 0 aliphatic carbocycles. The summed E-state index contributed by atoms with van der Waals surface area (Å²) in [6, 6.07) is 5.20. The molecule has 1 aromatic rings. The van der Waals surface area contributed by atoms with Gasteiger partial charge in [-0.3, -0.25) is 0 Å². The van der Waals surface area contributed by atoms with Gasteiger partial charge < -0.3 is 9.47 Å². The molecule has 1 aromatic carbocycles. The second-order valence-corrected chi connectivity index (χ2v) is 11.1. The Morgan fingerprint density at radius 2 is 1.09 bits per heavy atom. The van der Waals surface area contributed by atoms with Crippen molar-refractivity contribution in [2.75, 3.05) is 13.2 Å². The van der Waals surface area contributed by atoms with Crippen LogP contribution >= 0.6 is 22.6 Å². The smallest absolute Gasteiger partial charge is 0.339 e. The van der Waals surface area contributed by atoms with Crippen LogP contribution in [-0.4, -0.2) is 25.2 Å². The third-order valence-corrected chi connectivity index (χ3v) is 6.41. The molecule has 0 unspecified atom stereocenters. The number of carbonyl (C=O) groups excluding carboxylic acids is 2. The van der Waals surface area contributed by atoms with Crippen LogP contribution in [0, 0.1) is 15.4 Å². The molecule has 0 radical (unpaired) electrons. The molecule has 0 aliphatic heterocycles. The molecule has 0 bridgehead atoms. The highest BCUT2D eigenvalue weighted by Crippen LogP contribution is 2.18. The summed E-state index contributed by atoms with van der Waals surface area (Å²) in [7, 11) is 0. The summed E-state index contributed by atoms with van der Waals surface area (Å²) in [5.41, 5.74) is 0.601. The van der Waals surface area contributed by atoms with Gasteiger partial charge in [0, 0.05) is 3.57 Å². The summed E-state index contributed by atoms with van der Waals surface area (Å²) in [6.07, 6.45) is 13.7. The van der Waals surface area contributed by atoms with E-state index in [1.54, 1.807) is 12.1 Å². The van der Waals surface area contributed by atoms with Crippen molar-refractivity contribution in [3.8, 4) is 0 Å². The minimum absolute atomic E-state index is 0.297. The first-order valence-electron chi connectivity index (χ1n) is 12.9. The highest BCUT2D eigenvalue weighted by molar-refractivity contribution is 14.1. The number of unbranched alkanes of at least 4 members (excludes halogenated alkanes) is 8. The van der Waals surface area contributed by atoms with E-state index < -0.39 is 11.9 Å². The van der Waals surface area contributed by atoms with E-state index in [9.17, 15) is 9.59 Å². The molecule has 5 heteroatoms. The summed E-state index contributed by atoms with van der Waals surface area (Å²) in [4.78, 5) is 25.2. The van der Waals surface area contributed by atoms with Crippen LogP contribution in [0.1, 0.15) is 125 Å². The highest BCUT2D eigenvalue weighted by atomic mass is 127. The predicted molar refractivity (Wildman–Crippen MR) is 145 cm³/mol. The molecular formula is C28H45IO4. The highest BCUT2D eigenvalue weighted by Gasteiger charge is 2.20. The van der Waals surface area contributed by atoms with Gasteiger partial charge in [-0.1, -0.05) is 91.9 Å². The molecular weight excluding hydrogens is 527 g/mol. The molecule has 0 heterocycles. The number of hydrogen-bond donors (Lipinski definition) is 0. The summed E-state index contributed by atoms with van der Waals surface area (Å²) in [6.45, 7) is 9.79. The first kappa shape index (κ1) is 29.9. The van der Waals surface area contributed by atoms with E-state index in [1.165, 1.54) is 51.4 Å². The van der Waals surface area contributed by atoms with Crippen molar-refractivity contribution >= 4 is 34.5 Å². The van der Waals surface area contributed by atoms with E-state index in [-0.39, 0.29) is 0 Å². The fraction of sp³-hybridized carbons (Fsp3) is 0.714. The topological polar surface area (TPSA) is 52.6 Å². The molecule has 188 valence electrons. The maximum absolute atomic E-state index is 12.6. The molecule has 1 rings (SSSR count). The molecule has 33 heavy (non-hydrogen) atoms. The van der Waals surface area contributed by atoms with Gasteiger partial charge in [-0.05, 0) is 65.5 Å². The number of hydrogen-bond acceptors (Lipinski definition) is 4. The number of ether oxygens (including phenoxy) is 2. The maximum Gasteiger partial charge on any atom is 0.339 e. The standard InChI is InChI=1S/C28H45IO4/c1-22(2)15-11-7-5-9-13-19-32-27(30)25-18-17-24(29)21-26(25)28(31)33-20-14-10-6-8-12-16-23(3)4/h17-18,21-23H,5-16,19-20H2,1-4H3. The van der Waals surface area contributed by atoms with Gasteiger partial charge >= 0.3 is 11.9 Å². The van der Waals surface area contributed by atoms with Gasteiger partial charge in [0.15, 0.2) is 0 Å². The van der Waals surface area contributed by atoms with E-state index in [0.29, 0.717) is 24.3 Å². The fourth-order valence-electron chi connectivity index (χ4n) is 3.72.